The third kappa shape index (κ3) is 22.8. The second-order valence-electron chi connectivity index (χ2n) is 9.45. The highest BCUT2D eigenvalue weighted by Gasteiger charge is 2.15. The Balaban J connectivity index is 4.10. The Morgan fingerprint density at radius 3 is 1.53 bits per heavy atom. The van der Waals surface area contributed by atoms with Crippen molar-refractivity contribution in [1.82, 2.24) is 10.2 Å². The molecule has 8 nitrogen and oxygen atoms in total. The van der Waals surface area contributed by atoms with Crippen molar-refractivity contribution in [3.05, 3.63) is 0 Å². The molecule has 188 valence electrons. The average Bonchev–Trinajstić information content (AvgIpc) is 2.67. The van der Waals surface area contributed by atoms with E-state index in [4.69, 9.17) is 14.9 Å². The Bertz CT molecular complexity index is 491. The molecule has 0 saturated heterocycles. The Morgan fingerprint density at radius 1 is 0.688 bits per heavy atom. The molecule has 0 aromatic carbocycles. The molecule has 8 heteroatoms. The highest BCUT2D eigenvalue weighted by molar-refractivity contribution is 5.67. The third-order valence-electron chi connectivity index (χ3n) is 5.05. The maximum absolute atomic E-state index is 11.8. The van der Waals surface area contributed by atoms with Gasteiger partial charge in [0, 0.05) is 19.4 Å². The number of carboxylic acids is 2. The fraction of sp³-hybridized carbons (Fsp3) is 0.875. The second kappa shape index (κ2) is 18.7. The van der Waals surface area contributed by atoms with E-state index in [1.807, 2.05) is 20.8 Å². The monoisotopic (exact) mass is 458 g/mol. The van der Waals surface area contributed by atoms with Gasteiger partial charge in [-0.05, 0) is 72.5 Å². The van der Waals surface area contributed by atoms with Crippen molar-refractivity contribution >= 4 is 18.0 Å². The van der Waals surface area contributed by atoms with Crippen LogP contribution < -0.4 is 5.32 Å². The largest absolute Gasteiger partial charge is 0.481 e. The van der Waals surface area contributed by atoms with Crippen molar-refractivity contribution < 1.29 is 29.3 Å². The van der Waals surface area contributed by atoms with E-state index in [-0.39, 0.29) is 18.9 Å². The van der Waals surface area contributed by atoms with Crippen molar-refractivity contribution in [2.75, 3.05) is 26.2 Å². The number of amides is 1. The van der Waals surface area contributed by atoms with Gasteiger partial charge in [0.2, 0.25) is 0 Å². The lowest BCUT2D eigenvalue weighted by Gasteiger charge is -2.23. The van der Waals surface area contributed by atoms with Crippen LogP contribution in [0.15, 0.2) is 0 Å². The van der Waals surface area contributed by atoms with Crippen LogP contribution >= 0.6 is 0 Å². The highest BCUT2D eigenvalue weighted by atomic mass is 16.6. The van der Waals surface area contributed by atoms with Gasteiger partial charge >= 0.3 is 18.0 Å². The molecular weight excluding hydrogens is 412 g/mol. The van der Waals surface area contributed by atoms with Crippen LogP contribution in [-0.4, -0.2) is 64.9 Å². The zero-order chi connectivity index (χ0) is 24.2. The molecule has 0 aromatic rings. The van der Waals surface area contributed by atoms with Crippen LogP contribution in [0.2, 0.25) is 0 Å². The fourth-order valence-corrected chi connectivity index (χ4v) is 3.43. The number of aliphatic carboxylic acids is 2. The first-order valence-electron chi connectivity index (χ1n) is 12.2. The summed E-state index contributed by atoms with van der Waals surface area (Å²) >= 11 is 0. The first-order chi connectivity index (χ1) is 15.1. The Kier molecular flexibility index (Phi) is 17.6. The van der Waals surface area contributed by atoms with Gasteiger partial charge in [-0.15, -0.1) is 0 Å². The number of alkyl carbamates (subject to hydrolysis) is 1. The smallest absolute Gasteiger partial charge is 0.407 e. The zero-order valence-electron chi connectivity index (χ0n) is 20.5. The maximum atomic E-state index is 11.8. The van der Waals surface area contributed by atoms with Gasteiger partial charge in [0.25, 0.3) is 0 Å². The minimum Gasteiger partial charge on any atom is -0.481 e. The number of hydrogen-bond acceptors (Lipinski definition) is 5. The standard InChI is InChI=1S/C24H46N2O6/c1-24(2,3)32-23(31)25-17-14-20-26(18-12-8-4-6-10-15-21(27)28)19-13-9-5-7-11-16-22(29)30/h4-20H2,1-3H3,(H,25,31)(H,27,28)(H,29,30). The molecule has 0 bridgehead atoms. The molecule has 0 aromatic heterocycles. The van der Waals surface area contributed by atoms with Crippen molar-refractivity contribution in [2.24, 2.45) is 0 Å². The summed E-state index contributed by atoms with van der Waals surface area (Å²) in [6, 6.07) is 0. The molecule has 0 aliphatic rings. The lowest BCUT2D eigenvalue weighted by molar-refractivity contribution is -0.138. The van der Waals surface area contributed by atoms with Crippen molar-refractivity contribution in [3.8, 4) is 0 Å². The summed E-state index contributed by atoms with van der Waals surface area (Å²) in [6.07, 6.45) is 10.9. The molecule has 0 aliphatic heterocycles. The Labute approximate surface area is 194 Å². The van der Waals surface area contributed by atoms with Gasteiger partial charge in [0.15, 0.2) is 0 Å². The molecular formula is C24H46N2O6. The predicted octanol–water partition coefficient (Wildman–Crippen LogP) is 5.05. The molecule has 1 amide bonds. The van der Waals surface area contributed by atoms with E-state index in [9.17, 15) is 14.4 Å². The first-order valence-corrected chi connectivity index (χ1v) is 12.2. The summed E-state index contributed by atoms with van der Waals surface area (Å²) in [5.74, 6) is -1.45. The number of carboxylic acid groups (broad SMARTS) is 2. The number of carbonyl (C=O) groups excluding carboxylic acids is 1. The van der Waals surface area contributed by atoms with E-state index in [1.165, 1.54) is 0 Å². The van der Waals surface area contributed by atoms with Gasteiger partial charge in [-0.2, -0.15) is 0 Å². The molecule has 0 aliphatic carbocycles. The maximum Gasteiger partial charge on any atom is 0.407 e. The predicted molar refractivity (Wildman–Crippen MR) is 126 cm³/mol. The van der Waals surface area contributed by atoms with Crippen LogP contribution in [0.5, 0.6) is 0 Å². The number of carbonyl (C=O) groups is 3. The quantitative estimate of drug-likeness (QED) is 0.218. The number of ether oxygens (including phenoxy) is 1. The Morgan fingerprint density at radius 2 is 1.09 bits per heavy atom. The molecule has 0 radical (unpaired) electrons. The summed E-state index contributed by atoms with van der Waals surface area (Å²) in [7, 11) is 0. The van der Waals surface area contributed by atoms with Gasteiger partial charge < -0.3 is 25.2 Å². The molecule has 3 N–H and O–H groups in total. The topological polar surface area (TPSA) is 116 Å². The van der Waals surface area contributed by atoms with Gasteiger partial charge in [-0.1, -0.05) is 38.5 Å². The van der Waals surface area contributed by atoms with E-state index in [2.05, 4.69) is 10.2 Å². The van der Waals surface area contributed by atoms with E-state index >= 15 is 0 Å². The summed E-state index contributed by atoms with van der Waals surface area (Å²) in [4.78, 5) is 35.3. The van der Waals surface area contributed by atoms with Crippen LogP contribution in [0.25, 0.3) is 0 Å². The van der Waals surface area contributed by atoms with E-state index < -0.39 is 17.5 Å². The molecule has 0 atom stereocenters. The van der Waals surface area contributed by atoms with E-state index in [0.717, 1.165) is 90.3 Å². The minimum absolute atomic E-state index is 0.253. The average molecular weight is 459 g/mol. The van der Waals surface area contributed by atoms with E-state index in [1.54, 1.807) is 0 Å². The number of rotatable bonds is 20. The summed E-state index contributed by atoms with van der Waals surface area (Å²) in [5.41, 5.74) is -0.495. The number of nitrogens with zero attached hydrogens (tertiary/aromatic N) is 1. The number of unbranched alkanes of at least 4 members (excludes halogenated alkanes) is 8. The number of hydrogen-bond donors (Lipinski definition) is 3. The van der Waals surface area contributed by atoms with Gasteiger partial charge in [0.05, 0.1) is 0 Å². The molecule has 32 heavy (non-hydrogen) atoms. The second-order valence-corrected chi connectivity index (χ2v) is 9.45. The van der Waals surface area contributed by atoms with Gasteiger partial charge in [0.1, 0.15) is 5.60 Å². The van der Waals surface area contributed by atoms with Crippen molar-refractivity contribution in [3.63, 3.8) is 0 Å². The molecule has 0 fully saturated rings. The van der Waals surface area contributed by atoms with Crippen LogP contribution in [0.1, 0.15) is 104 Å². The molecule has 0 spiro atoms. The van der Waals surface area contributed by atoms with Gasteiger partial charge in [-0.3, -0.25) is 9.59 Å². The first kappa shape index (κ1) is 30.2. The summed E-state index contributed by atoms with van der Waals surface area (Å²) in [5, 5.41) is 20.2. The lowest BCUT2D eigenvalue weighted by atomic mass is 10.1. The SMILES string of the molecule is CC(C)(C)OC(=O)NCCCN(CCCCCCCC(=O)O)CCCCCCCC(=O)O. The zero-order valence-corrected chi connectivity index (χ0v) is 20.5. The van der Waals surface area contributed by atoms with Crippen molar-refractivity contribution in [1.29, 1.82) is 0 Å². The van der Waals surface area contributed by atoms with Crippen LogP contribution in [-0.2, 0) is 14.3 Å². The summed E-state index contributed by atoms with van der Waals surface area (Å²) in [6.45, 7) is 9.03. The summed E-state index contributed by atoms with van der Waals surface area (Å²) < 4.78 is 5.26. The number of nitrogens with one attached hydrogen (secondary N) is 1. The Hall–Kier alpha value is -1.83. The van der Waals surface area contributed by atoms with E-state index in [0.29, 0.717) is 6.54 Å². The normalized spacial score (nSPS) is 11.5. The molecule has 0 heterocycles. The lowest BCUT2D eigenvalue weighted by Crippen LogP contribution is -2.35. The minimum atomic E-state index is -0.723. The molecule has 0 rings (SSSR count). The van der Waals surface area contributed by atoms with Crippen LogP contribution in [0, 0.1) is 0 Å². The third-order valence-corrected chi connectivity index (χ3v) is 5.05. The highest BCUT2D eigenvalue weighted by Crippen LogP contribution is 2.10. The van der Waals surface area contributed by atoms with Crippen molar-refractivity contribution in [2.45, 2.75) is 110 Å². The van der Waals surface area contributed by atoms with Gasteiger partial charge in [-0.25, -0.2) is 4.79 Å². The van der Waals surface area contributed by atoms with Crippen LogP contribution in [0.4, 0.5) is 4.79 Å². The van der Waals surface area contributed by atoms with Crippen LogP contribution in [0.3, 0.4) is 0 Å². The molecule has 0 unspecified atom stereocenters. The molecule has 0 saturated carbocycles. The fourth-order valence-electron chi connectivity index (χ4n) is 3.43.